The van der Waals surface area contributed by atoms with E-state index in [2.05, 4.69) is 27.7 Å². The number of hydrogen-bond acceptors (Lipinski definition) is 0. The highest BCUT2D eigenvalue weighted by atomic mass is 19.0. The van der Waals surface area contributed by atoms with Crippen LogP contribution in [0.25, 0.3) is 0 Å². The topological polar surface area (TPSA) is 0 Å². The first-order chi connectivity index (χ1) is 4.24. The number of quaternary nitrogens is 1. The molecule has 0 amide bonds. The van der Waals surface area contributed by atoms with Gasteiger partial charge in [0, 0.05) is 8.41 Å². The van der Waals surface area contributed by atoms with Crippen molar-refractivity contribution in [3.8, 4) is 0 Å². The van der Waals surface area contributed by atoms with Crippen LogP contribution in [0.4, 0.5) is 14.1 Å². The average Bonchev–Trinajstić information content (AvgIpc) is 1.95. The molecular formula is C8H23BF4N. The number of rotatable bonds is 4. The molecule has 0 unspecified atom stereocenters. The zero-order valence-corrected chi connectivity index (χ0v) is 9.46. The third-order valence-electron chi connectivity index (χ3n) is 2.68. The minimum atomic E-state index is 0. The first-order valence-corrected chi connectivity index (χ1v) is 4.09. The van der Waals surface area contributed by atoms with Gasteiger partial charge in [0.25, 0.3) is 0 Å². The minimum Gasteiger partial charge on any atom is -1.00 e. The lowest BCUT2D eigenvalue weighted by Crippen LogP contribution is -3.00. The maximum absolute atomic E-state index is 2.27. The molecule has 0 heterocycles. The summed E-state index contributed by atoms with van der Waals surface area (Å²) in [6.45, 7) is 14.2. The molecule has 0 aromatic carbocycles. The highest BCUT2D eigenvalue weighted by Gasteiger charge is 2.16. The largest absolute Gasteiger partial charge is 1.00 e. The smallest absolute Gasteiger partial charge is 0.0757 e. The molecule has 91 valence electrons. The second-order valence-corrected chi connectivity index (χ2v) is 2.61. The Bertz CT molecular complexity index is 64.2. The van der Waals surface area contributed by atoms with Crippen molar-refractivity contribution < 1.29 is 23.3 Å². The van der Waals surface area contributed by atoms with E-state index in [-0.39, 0.29) is 27.2 Å². The van der Waals surface area contributed by atoms with E-state index in [1.165, 1.54) is 30.7 Å². The Morgan fingerprint density at radius 3 is 0.786 bits per heavy atom. The van der Waals surface area contributed by atoms with E-state index in [9.17, 15) is 0 Å². The van der Waals surface area contributed by atoms with E-state index in [1.54, 1.807) is 0 Å². The average molecular weight is 220 g/mol. The highest BCUT2D eigenvalue weighted by molar-refractivity contribution is 5.75. The van der Waals surface area contributed by atoms with Gasteiger partial charge in [-0.25, -0.2) is 0 Å². The van der Waals surface area contributed by atoms with Gasteiger partial charge in [0.2, 0.25) is 0 Å². The summed E-state index contributed by atoms with van der Waals surface area (Å²) in [7, 11) is 0. The Morgan fingerprint density at radius 1 is 0.643 bits per heavy atom. The summed E-state index contributed by atoms with van der Waals surface area (Å²) in [6.07, 6.45) is 0. The number of hydrogen-bond donors (Lipinski definition) is 0. The van der Waals surface area contributed by atoms with E-state index < -0.39 is 0 Å². The van der Waals surface area contributed by atoms with E-state index in [4.69, 9.17) is 0 Å². The maximum atomic E-state index is 2.27. The Morgan fingerprint density at radius 2 is 0.786 bits per heavy atom. The fourth-order valence-electron chi connectivity index (χ4n) is 1.34. The fourth-order valence-corrected chi connectivity index (χ4v) is 1.34. The standard InChI is InChI=1S/C8H20N.B.4FH/c1-5-9(6-2,7-3)8-4;;;;;/h5-8H2,1-4H3;;4*1H/q+1;;;;;/p-1. The van der Waals surface area contributed by atoms with Crippen LogP contribution in [0.15, 0.2) is 0 Å². The molecule has 0 rings (SSSR count). The summed E-state index contributed by atoms with van der Waals surface area (Å²) < 4.78 is 1.28. The molecule has 1 nitrogen and oxygen atoms in total. The lowest BCUT2D eigenvalue weighted by Gasteiger charge is -2.34. The number of nitrogens with zero attached hydrogens (tertiary/aromatic N) is 1. The molecule has 6 heteroatoms. The number of halogens is 4. The van der Waals surface area contributed by atoms with Gasteiger partial charge in [-0.3, -0.25) is 14.1 Å². The summed E-state index contributed by atoms with van der Waals surface area (Å²) in [5, 5.41) is 0. The van der Waals surface area contributed by atoms with Gasteiger partial charge in [-0.05, 0) is 27.7 Å². The fraction of sp³-hybridized carbons (Fsp3) is 1.00. The first-order valence-electron chi connectivity index (χ1n) is 4.09. The molecule has 0 aliphatic carbocycles. The van der Waals surface area contributed by atoms with E-state index in [0.29, 0.717) is 0 Å². The predicted octanol–water partition coefficient (Wildman–Crippen LogP) is -1.04. The van der Waals surface area contributed by atoms with Crippen LogP contribution < -0.4 is 4.70 Å². The summed E-state index contributed by atoms with van der Waals surface area (Å²) in [4.78, 5) is 0. The molecule has 0 aromatic heterocycles. The monoisotopic (exact) mass is 220 g/mol. The molecule has 0 saturated heterocycles. The van der Waals surface area contributed by atoms with E-state index >= 15 is 0 Å². The lowest BCUT2D eigenvalue weighted by molar-refractivity contribution is -0.921. The zero-order valence-electron chi connectivity index (χ0n) is 9.46. The van der Waals surface area contributed by atoms with Gasteiger partial charge in [-0.2, -0.15) is 0 Å². The third-order valence-corrected chi connectivity index (χ3v) is 2.68. The van der Waals surface area contributed by atoms with Gasteiger partial charge in [-0.15, -0.1) is 0 Å². The summed E-state index contributed by atoms with van der Waals surface area (Å²) in [5.74, 6) is 0. The Kier molecular flexibility index (Phi) is 49.2. The Balaban J connectivity index is -0.0000000320. The molecule has 0 aromatic rings. The summed E-state index contributed by atoms with van der Waals surface area (Å²) in [5.41, 5.74) is 0. The zero-order chi connectivity index (χ0) is 7.33. The predicted molar refractivity (Wildman–Crippen MR) is 55.7 cm³/mol. The van der Waals surface area contributed by atoms with Crippen LogP contribution >= 0.6 is 0 Å². The van der Waals surface area contributed by atoms with Crippen molar-refractivity contribution in [2.75, 3.05) is 26.2 Å². The quantitative estimate of drug-likeness (QED) is 0.322. The Labute approximate surface area is 86.5 Å². The van der Waals surface area contributed by atoms with E-state index in [0.717, 1.165) is 0 Å². The molecule has 0 bridgehead atoms. The highest BCUT2D eigenvalue weighted by Crippen LogP contribution is 2.03. The van der Waals surface area contributed by atoms with Crippen molar-refractivity contribution in [2.24, 2.45) is 0 Å². The minimum absolute atomic E-state index is 0. The second kappa shape index (κ2) is 18.5. The normalized spacial score (nSPS) is 7.71. The van der Waals surface area contributed by atoms with Crippen molar-refractivity contribution in [3.05, 3.63) is 0 Å². The van der Waals surface area contributed by atoms with Crippen LogP contribution in [-0.2, 0) is 0 Å². The van der Waals surface area contributed by atoms with Crippen LogP contribution in [0.2, 0.25) is 0 Å². The van der Waals surface area contributed by atoms with Crippen molar-refractivity contribution in [2.45, 2.75) is 27.7 Å². The van der Waals surface area contributed by atoms with Crippen LogP contribution in [0, 0.1) is 0 Å². The maximum Gasteiger partial charge on any atom is 0.0757 e. The van der Waals surface area contributed by atoms with Crippen molar-refractivity contribution >= 4 is 8.41 Å². The molecule has 0 N–H and O–H groups in total. The Hall–Kier alpha value is -0.255. The molecule has 0 aliphatic rings. The molecule has 0 spiro atoms. The van der Waals surface area contributed by atoms with Gasteiger partial charge < -0.3 is 9.19 Å². The van der Waals surface area contributed by atoms with Gasteiger partial charge >= 0.3 is 0 Å². The van der Waals surface area contributed by atoms with Crippen molar-refractivity contribution in [1.82, 2.24) is 0 Å². The molecule has 0 saturated carbocycles. The lowest BCUT2D eigenvalue weighted by atomic mass is 10.3. The second-order valence-electron chi connectivity index (χ2n) is 2.61. The first kappa shape index (κ1) is 37.2. The van der Waals surface area contributed by atoms with Crippen LogP contribution in [0.1, 0.15) is 27.7 Å². The van der Waals surface area contributed by atoms with Gasteiger partial charge in [0.05, 0.1) is 26.2 Å². The summed E-state index contributed by atoms with van der Waals surface area (Å²) in [6, 6.07) is 0. The SMILES string of the molecule is CC[N+](CC)(CC)CC.F.F.F.[B].[F-]. The van der Waals surface area contributed by atoms with Crippen LogP contribution in [0.5, 0.6) is 0 Å². The van der Waals surface area contributed by atoms with Gasteiger partial charge in [-0.1, -0.05) is 0 Å². The van der Waals surface area contributed by atoms with Gasteiger partial charge in [0.1, 0.15) is 0 Å². The molecular weight excluding hydrogens is 197 g/mol. The molecule has 0 aliphatic heterocycles. The van der Waals surface area contributed by atoms with E-state index in [1.807, 2.05) is 0 Å². The van der Waals surface area contributed by atoms with Crippen LogP contribution in [-0.4, -0.2) is 39.1 Å². The molecule has 0 atom stereocenters. The molecule has 3 radical (unpaired) electrons. The third kappa shape index (κ3) is 9.83. The molecule has 0 fully saturated rings. The van der Waals surface area contributed by atoms with Gasteiger partial charge in [0.15, 0.2) is 0 Å². The molecule has 14 heavy (non-hydrogen) atoms. The van der Waals surface area contributed by atoms with Crippen molar-refractivity contribution in [3.63, 3.8) is 0 Å². The van der Waals surface area contributed by atoms with Crippen LogP contribution in [0.3, 0.4) is 0 Å². The van der Waals surface area contributed by atoms with Crippen molar-refractivity contribution in [1.29, 1.82) is 0 Å². The summed E-state index contributed by atoms with van der Waals surface area (Å²) >= 11 is 0.